The Hall–Kier alpha value is -0.920. The van der Waals surface area contributed by atoms with Gasteiger partial charge in [-0.3, -0.25) is 0 Å². The number of hydrogen-bond acceptors (Lipinski definition) is 2. The van der Waals surface area contributed by atoms with Gasteiger partial charge >= 0.3 is 0 Å². The number of nitrogens with zero attached hydrogens (tertiary/aromatic N) is 2. The summed E-state index contributed by atoms with van der Waals surface area (Å²) < 4.78 is 0. The first-order chi connectivity index (χ1) is 13.8. The van der Waals surface area contributed by atoms with Crippen LogP contribution in [-0.4, -0.2) is 9.97 Å². The molecule has 0 saturated heterocycles. The largest absolute Gasteiger partial charge is 0.241 e. The molecule has 2 aliphatic rings. The van der Waals surface area contributed by atoms with Crippen molar-refractivity contribution in [2.24, 2.45) is 23.7 Å². The molecule has 2 fully saturated rings. The lowest BCUT2D eigenvalue weighted by atomic mass is 9.68. The molecule has 0 radical (unpaired) electrons. The highest BCUT2D eigenvalue weighted by Crippen LogP contribution is 2.42. The first-order valence-corrected chi connectivity index (χ1v) is 12.6. The van der Waals surface area contributed by atoms with Gasteiger partial charge in [-0.25, -0.2) is 9.97 Å². The monoisotopic (exact) mass is 384 g/mol. The van der Waals surface area contributed by atoms with Crippen molar-refractivity contribution in [1.29, 1.82) is 0 Å². The minimum absolute atomic E-state index is 0.917. The van der Waals surface area contributed by atoms with E-state index in [4.69, 9.17) is 0 Å². The lowest BCUT2D eigenvalue weighted by molar-refractivity contribution is 0.141. The smallest absolute Gasteiger partial charge is 0.128 e. The summed E-state index contributed by atoms with van der Waals surface area (Å²) in [6.45, 7) is 4.60. The van der Waals surface area contributed by atoms with Crippen LogP contribution in [0.5, 0.6) is 0 Å². The summed E-state index contributed by atoms with van der Waals surface area (Å²) >= 11 is 0. The lowest BCUT2D eigenvalue weighted by Crippen LogP contribution is -2.26. The molecule has 158 valence electrons. The minimum Gasteiger partial charge on any atom is -0.241 e. The molecule has 2 heteroatoms. The molecule has 0 aromatic carbocycles. The molecular formula is C26H44N2. The molecule has 3 rings (SSSR count). The van der Waals surface area contributed by atoms with Crippen LogP contribution in [0.1, 0.15) is 115 Å². The molecule has 0 amide bonds. The van der Waals surface area contributed by atoms with E-state index in [2.05, 4.69) is 36.2 Å². The molecule has 2 saturated carbocycles. The van der Waals surface area contributed by atoms with E-state index in [1.165, 1.54) is 95.5 Å². The van der Waals surface area contributed by atoms with Crippen LogP contribution in [0.4, 0.5) is 0 Å². The molecular weight excluding hydrogens is 340 g/mol. The number of aromatic nitrogens is 2. The molecule has 0 spiro atoms. The fourth-order valence-electron chi connectivity index (χ4n) is 5.86. The van der Waals surface area contributed by atoms with Gasteiger partial charge in [0.1, 0.15) is 5.82 Å². The minimum atomic E-state index is 0.917. The summed E-state index contributed by atoms with van der Waals surface area (Å²) in [5.74, 6) is 5.13. The molecule has 0 aliphatic heterocycles. The second-order valence-electron chi connectivity index (χ2n) is 9.85. The third-order valence-corrected chi connectivity index (χ3v) is 7.75. The van der Waals surface area contributed by atoms with Gasteiger partial charge in [-0.1, -0.05) is 65.2 Å². The van der Waals surface area contributed by atoms with Crippen molar-refractivity contribution in [3.05, 3.63) is 23.8 Å². The maximum absolute atomic E-state index is 4.64. The van der Waals surface area contributed by atoms with Crippen LogP contribution in [0.2, 0.25) is 0 Å². The van der Waals surface area contributed by atoms with Crippen LogP contribution in [-0.2, 0) is 12.8 Å². The average Bonchev–Trinajstić information content (AvgIpc) is 2.75. The maximum atomic E-state index is 4.64. The van der Waals surface area contributed by atoms with Crippen LogP contribution in [0.25, 0.3) is 0 Å². The van der Waals surface area contributed by atoms with Crippen molar-refractivity contribution in [1.82, 2.24) is 9.97 Å². The Bertz CT molecular complexity index is 522. The van der Waals surface area contributed by atoms with Gasteiger partial charge in [0.25, 0.3) is 0 Å². The highest BCUT2D eigenvalue weighted by atomic mass is 14.9. The van der Waals surface area contributed by atoms with Crippen LogP contribution in [0, 0.1) is 23.7 Å². The maximum Gasteiger partial charge on any atom is 0.128 e. The van der Waals surface area contributed by atoms with Crippen LogP contribution in [0.15, 0.2) is 12.4 Å². The third-order valence-electron chi connectivity index (χ3n) is 7.75. The molecule has 1 aromatic rings. The summed E-state index contributed by atoms with van der Waals surface area (Å²) in [4.78, 5) is 9.28. The number of unbranched alkanes of at least 4 members (excludes halogenated alkanes) is 2. The van der Waals surface area contributed by atoms with Crippen LogP contribution >= 0.6 is 0 Å². The van der Waals surface area contributed by atoms with Crippen LogP contribution in [0.3, 0.4) is 0 Å². The average molecular weight is 385 g/mol. The number of aryl methyl sites for hydroxylation is 2. The second-order valence-corrected chi connectivity index (χ2v) is 9.85. The van der Waals surface area contributed by atoms with E-state index in [0.717, 1.165) is 42.3 Å². The highest BCUT2D eigenvalue weighted by Gasteiger charge is 2.30. The fourth-order valence-corrected chi connectivity index (χ4v) is 5.86. The lowest BCUT2D eigenvalue weighted by Gasteiger charge is -2.38. The first kappa shape index (κ1) is 21.8. The van der Waals surface area contributed by atoms with Gasteiger partial charge in [-0.2, -0.15) is 0 Å². The number of hydrogen-bond donors (Lipinski definition) is 0. The van der Waals surface area contributed by atoms with E-state index >= 15 is 0 Å². The quantitative estimate of drug-likeness (QED) is 0.389. The summed E-state index contributed by atoms with van der Waals surface area (Å²) in [6.07, 6.45) is 26.3. The SMILES string of the molecule is CCCCCc1cnc(CC[C@H]2CC[C@H]([C@H]3CC[C@H](CCC)CC3)CC2)nc1. The predicted molar refractivity (Wildman–Crippen MR) is 119 cm³/mol. The Kier molecular flexibility index (Phi) is 9.28. The summed E-state index contributed by atoms with van der Waals surface area (Å²) in [7, 11) is 0. The summed E-state index contributed by atoms with van der Waals surface area (Å²) in [5, 5.41) is 0. The molecule has 28 heavy (non-hydrogen) atoms. The normalized spacial score (nSPS) is 28.4. The Morgan fingerprint density at radius 1 is 0.679 bits per heavy atom. The first-order valence-electron chi connectivity index (χ1n) is 12.6. The van der Waals surface area contributed by atoms with Gasteiger partial charge < -0.3 is 0 Å². The van der Waals surface area contributed by atoms with Gasteiger partial charge in [-0.15, -0.1) is 0 Å². The van der Waals surface area contributed by atoms with E-state index in [1.807, 2.05) is 0 Å². The molecule has 1 heterocycles. The topological polar surface area (TPSA) is 25.8 Å². The van der Waals surface area contributed by atoms with E-state index in [-0.39, 0.29) is 0 Å². The van der Waals surface area contributed by atoms with E-state index in [1.54, 1.807) is 0 Å². The summed E-state index contributed by atoms with van der Waals surface area (Å²) in [5.41, 5.74) is 1.31. The van der Waals surface area contributed by atoms with Crippen molar-refractivity contribution in [2.45, 2.75) is 117 Å². The third kappa shape index (κ3) is 6.85. The molecule has 0 unspecified atom stereocenters. The standard InChI is InChI=1S/C26H44N2/c1-3-5-6-8-23-19-27-26(28-20-23)18-13-22-11-16-25(17-12-22)24-14-9-21(7-4-2)10-15-24/h19-22,24-25H,3-18H2,1-2H3/t21-,22-,24-,25-. The van der Waals surface area contributed by atoms with Crippen molar-refractivity contribution in [3.8, 4) is 0 Å². The van der Waals surface area contributed by atoms with Gasteiger partial charge in [0.2, 0.25) is 0 Å². The Labute approximate surface area is 174 Å². The van der Waals surface area contributed by atoms with E-state index in [0.29, 0.717) is 0 Å². The zero-order chi connectivity index (χ0) is 19.6. The Morgan fingerprint density at radius 3 is 1.79 bits per heavy atom. The van der Waals surface area contributed by atoms with Crippen molar-refractivity contribution in [2.75, 3.05) is 0 Å². The van der Waals surface area contributed by atoms with Crippen LogP contribution < -0.4 is 0 Å². The Balaban J connectivity index is 1.32. The van der Waals surface area contributed by atoms with Crippen molar-refractivity contribution >= 4 is 0 Å². The zero-order valence-electron chi connectivity index (χ0n) is 18.7. The zero-order valence-corrected chi connectivity index (χ0v) is 18.7. The highest BCUT2D eigenvalue weighted by molar-refractivity contribution is 5.05. The second kappa shape index (κ2) is 11.9. The number of rotatable bonds is 10. The van der Waals surface area contributed by atoms with Gasteiger partial charge in [0.15, 0.2) is 0 Å². The Morgan fingerprint density at radius 2 is 1.25 bits per heavy atom. The molecule has 2 aliphatic carbocycles. The molecule has 1 aromatic heterocycles. The van der Waals surface area contributed by atoms with Gasteiger partial charge in [-0.05, 0) is 74.2 Å². The fraction of sp³-hybridized carbons (Fsp3) is 0.846. The molecule has 0 atom stereocenters. The van der Waals surface area contributed by atoms with Gasteiger partial charge in [0, 0.05) is 18.8 Å². The molecule has 2 nitrogen and oxygen atoms in total. The van der Waals surface area contributed by atoms with Crippen molar-refractivity contribution < 1.29 is 0 Å². The van der Waals surface area contributed by atoms with Gasteiger partial charge in [0.05, 0.1) is 0 Å². The molecule has 0 N–H and O–H groups in total. The van der Waals surface area contributed by atoms with Crippen molar-refractivity contribution in [3.63, 3.8) is 0 Å². The van der Waals surface area contributed by atoms with E-state index in [9.17, 15) is 0 Å². The predicted octanol–water partition coefficient (Wildman–Crippen LogP) is 7.55. The molecule has 0 bridgehead atoms. The summed E-state index contributed by atoms with van der Waals surface area (Å²) in [6, 6.07) is 0. The van der Waals surface area contributed by atoms with E-state index < -0.39 is 0 Å².